The summed E-state index contributed by atoms with van der Waals surface area (Å²) >= 11 is 3.35. The van der Waals surface area contributed by atoms with Crippen LogP contribution in [0.4, 0.5) is 5.69 Å². The lowest BCUT2D eigenvalue weighted by Crippen LogP contribution is -2.22. The third-order valence-corrected chi connectivity index (χ3v) is 3.12. The molecule has 2 aromatic rings. The number of anilines is 1. The van der Waals surface area contributed by atoms with E-state index in [1.807, 2.05) is 25.1 Å². The van der Waals surface area contributed by atoms with Gasteiger partial charge in [0.2, 0.25) is 0 Å². The summed E-state index contributed by atoms with van der Waals surface area (Å²) in [4.78, 5) is 25.9. The molecule has 0 spiro atoms. The summed E-state index contributed by atoms with van der Waals surface area (Å²) in [5.41, 5.74) is 1.35. The third kappa shape index (κ3) is 2.68. The zero-order valence-electron chi connectivity index (χ0n) is 9.66. The van der Waals surface area contributed by atoms with Crippen molar-refractivity contribution < 1.29 is 4.79 Å². The summed E-state index contributed by atoms with van der Waals surface area (Å²) in [7, 11) is 0. The number of rotatable bonds is 2. The van der Waals surface area contributed by atoms with E-state index >= 15 is 0 Å². The van der Waals surface area contributed by atoms with Crippen LogP contribution in [0.15, 0.2) is 45.8 Å². The normalized spacial score (nSPS) is 10.1. The molecule has 5 heteroatoms. The molecule has 0 unspecified atom stereocenters. The molecule has 2 N–H and O–H groups in total. The Kier molecular flexibility index (Phi) is 3.62. The molecular weight excluding hydrogens is 296 g/mol. The molecule has 4 nitrogen and oxygen atoms in total. The van der Waals surface area contributed by atoms with Crippen molar-refractivity contribution >= 4 is 27.5 Å². The van der Waals surface area contributed by atoms with Crippen LogP contribution in [-0.4, -0.2) is 10.9 Å². The largest absolute Gasteiger partial charge is 0.328 e. The maximum Gasteiger partial charge on any atom is 0.261 e. The smallest absolute Gasteiger partial charge is 0.261 e. The van der Waals surface area contributed by atoms with Gasteiger partial charge in [0.25, 0.3) is 11.5 Å². The van der Waals surface area contributed by atoms with Crippen LogP contribution in [0.25, 0.3) is 0 Å². The number of halogens is 1. The molecule has 1 amide bonds. The number of amides is 1. The average molecular weight is 307 g/mol. The monoisotopic (exact) mass is 306 g/mol. The van der Waals surface area contributed by atoms with Crippen molar-refractivity contribution in [2.75, 3.05) is 5.32 Å². The summed E-state index contributed by atoms with van der Waals surface area (Å²) in [5, 5.41) is 2.70. The van der Waals surface area contributed by atoms with Gasteiger partial charge in [-0.25, -0.2) is 0 Å². The Morgan fingerprint density at radius 3 is 2.83 bits per heavy atom. The van der Waals surface area contributed by atoms with E-state index in [4.69, 9.17) is 0 Å². The van der Waals surface area contributed by atoms with Gasteiger partial charge in [-0.2, -0.15) is 0 Å². The number of nitrogens with one attached hydrogen (secondary N) is 2. The summed E-state index contributed by atoms with van der Waals surface area (Å²) in [6.07, 6.45) is 1.49. The number of pyridine rings is 1. The maximum atomic E-state index is 11.9. The second kappa shape index (κ2) is 5.18. The lowest BCUT2D eigenvalue weighted by molar-refractivity contribution is 0.102. The average Bonchev–Trinajstić information content (AvgIpc) is 2.34. The molecule has 0 aliphatic carbocycles. The first-order valence-corrected chi connectivity index (χ1v) is 6.12. The highest BCUT2D eigenvalue weighted by molar-refractivity contribution is 9.10. The molecule has 92 valence electrons. The zero-order chi connectivity index (χ0) is 13.1. The third-order valence-electron chi connectivity index (χ3n) is 2.43. The van der Waals surface area contributed by atoms with Crippen molar-refractivity contribution in [1.29, 1.82) is 0 Å². The minimum Gasteiger partial charge on any atom is -0.328 e. The fourth-order valence-electron chi connectivity index (χ4n) is 1.52. The van der Waals surface area contributed by atoms with Crippen molar-refractivity contribution in [3.8, 4) is 0 Å². The Labute approximate surface area is 112 Å². The van der Waals surface area contributed by atoms with Gasteiger partial charge in [-0.05, 0) is 52.7 Å². The Hall–Kier alpha value is -1.88. The molecule has 0 radical (unpaired) electrons. The van der Waals surface area contributed by atoms with Crippen molar-refractivity contribution in [2.45, 2.75) is 6.92 Å². The van der Waals surface area contributed by atoms with Crippen LogP contribution in [0.1, 0.15) is 15.9 Å². The van der Waals surface area contributed by atoms with Gasteiger partial charge >= 0.3 is 0 Å². The highest BCUT2D eigenvalue weighted by Crippen LogP contribution is 2.23. The molecule has 0 saturated carbocycles. The fourth-order valence-corrected chi connectivity index (χ4v) is 1.87. The van der Waals surface area contributed by atoms with Crippen LogP contribution in [0.2, 0.25) is 0 Å². The number of benzene rings is 1. The van der Waals surface area contributed by atoms with Crippen LogP contribution in [0.3, 0.4) is 0 Å². The first-order valence-electron chi connectivity index (χ1n) is 5.33. The van der Waals surface area contributed by atoms with E-state index < -0.39 is 11.5 Å². The van der Waals surface area contributed by atoms with Crippen LogP contribution in [0, 0.1) is 6.92 Å². The summed E-state index contributed by atoms with van der Waals surface area (Å²) in [6.45, 7) is 1.93. The first-order chi connectivity index (χ1) is 8.58. The van der Waals surface area contributed by atoms with Crippen LogP contribution in [0.5, 0.6) is 0 Å². The Morgan fingerprint density at radius 1 is 1.33 bits per heavy atom. The number of aromatic nitrogens is 1. The quantitative estimate of drug-likeness (QED) is 0.896. The SMILES string of the molecule is Cc1ccc(Br)c(NC(=O)c2ccc[nH]c2=O)c1. The summed E-state index contributed by atoms with van der Waals surface area (Å²) < 4.78 is 0.772. The van der Waals surface area contributed by atoms with E-state index in [9.17, 15) is 9.59 Å². The second-order valence-corrected chi connectivity index (χ2v) is 4.70. The molecule has 0 aliphatic rings. The van der Waals surface area contributed by atoms with Gasteiger partial charge in [0, 0.05) is 10.7 Å². The Balaban J connectivity index is 2.30. The Morgan fingerprint density at radius 2 is 2.11 bits per heavy atom. The van der Waals surface area contributed by atoms with Gasteiger partial charge in [0.05, 0.1) is 5.69 Å². The highest BCUT2D eigenvalue weighted by atomic mass is 79.9. The van der Waals surface area contributed by atoms with Crippen LogP contribution < -0.4 is 10.9 Å². The van der Waals surface area contributed by atoms with E-state index in [1.54, 1.807) is 6.07 Å². The number of aryl methyl sites for hydroxylation is 1. The summed E-state index contributed by atoms with van der Waals surface area (Å²) in [6, 6.07) is 8.70. The van der Waals surface area contributed by atoms with Crippen molar-refractivity contribution in [3.05, 3.63) is 62.5 Å². The molecule has 0 aliphatic heterocycles. The second-order valence-electron chi connectivity index (χ2n) is 3.85. The predicted octanol–water partition coefficient (Wildman–Crippen LogP) is 2.70. The minimum atomic E-state index is -0.428. The van der Waals surface area contributed by atoms with Crippen LogP contribution in [-0.2, 0) is 0 Å². The minimum absolute atomic E-state index is 0.0888. The number of carbonyl (C=O) groups excluding carboxylic acids is 1. The van der Waals surface area contributed by atoms with Gasteiger partial charge in [0.1, 0.15) is 5.56 Å². The van der Waals surface area contributed by atoms with Crippen molar-refractivity contribution in [2.24, 2.45) is 0 Å². The van der Waals surface area contributed by atoms with Crippen molar-refractivity contribution in [3.63, 3.8) is 0 Å². The number of H-pyrrole nitrogens is 1. The van der Waals surface area contributed by atoms with Crippen molar-refractivity contribution in [1.82, 2.24) is 4.98 Å². The number of carbonyl (C=O) groups is 1. The Bertz CT molecular complexity index is 649. The van der Waals surface area contributed by atoms with Gasteiger partial charge in [-0.1, -0.05) is 6.07 Å². The number of hydrogen-bond donors (Lipinski definition) is 2. The van der Waals surface area contributed by atoms with Gasteiger partial charge in [0.15, 0.2) is 0 Å². The lowest BCUT2D eigenvalue weighted by Gasteiger charge is -2.07. The zero-order valence-corrected chi connectivity index (χ0v) is 11.2. The van der Waals surface area contributed by atoms with E-state index in [1.165, 1.54) is 12.3 Å². The molecule has 1 heterocycles. The van der Waals surface area contributed by atoms with Gasteiger partial charge in [-0.15, -0.1) is 0 Å². The standard InChI is InChI=1S/C13H11BrN2O2/c1-8-4-5-10(14)11(7-8)16-13(18)9-3-2-6-15-12(9)17/h2-7H,1H3,(H,15,17)(H,16,18). The summed E-state index contributed by atoms with van der Waals surface area (Å²) in [5.74, 6) is -0.428. The van der Waals surface area contributed by atoms with Gasteiger partial charge in [-0.3, -0.25) is 9.59 Å². The molecule has 1 aromatic heterocycles. The molecule has 0 saturated heterocycles. The first kappa shape index (κ1) is 12.6. The number of hydrogen-bond acceptors (Lipinski definition) is 2. The lowest BCUT2D eigenvalue weighted by atomic mass is 10.2. The van der Waals surface area contributed by atoms with E-state index in [2.05, 4.69) is 26.2 Å². The molecule has 1 aromatic carbocycles. The van der Waals surface area contributed by atoms with E-state index in [-0.39, 0.29) is 5.56 Å². The van der Waals surface area contributed by atoms with Gasteiger partial charge < -0.3 is 10.3 Å². The molecule has 0 bridgehead atoms. The molecule has 18 heavy (non-hydrogen) atoms. The van der Waals surface area contributed by atoms with Crippen LogP contribution >= 0.6 is 15.9 Å². The molecular formula is C13H11BrN2O2. The van der Waals surface area contributed by atoms with E-state index in [0.717, 1.165) is 10.0 Å². The maximum absolute atomic E-state index is 11.9. The number of aromatic amines is 1. The molecule has 0 atom stereocenters. The molecule has 2 rings (SSSR count). The molecule has 0 fully saturated rings. The predicted molar refractivity (Wildman–Crippen MR) is 73.9 cm³/mol. The topological polar surface area (TPSA) is 62.0 Å². The fraction of sp³-hybridized carbons (Fsp3) is 0.0769. The van der Waals surface area contributed by atoms with E-state index in [0.29, 0.717) is 5.69 Å². The highest BCUT2D eigenvalue weighted by Gasteiger charge is 2.11.